The lowest BCUT2D eigenvalue weighted by molar-refractivity contribution is -0.150. The van der Waals surface area contributed by atoms with Crippen LogP contribution in [-0.4, -0.2) is 74.4 Å². The second-order valence-electron chi connectivity index (χ2n) is 9.02. The zero-order valence-electron chi connectivity index (χ0n) is 19.7. The van der Waals surface area contributed by atoms with Crippen LogP contribution in [0.3, 0.4) is 0 Å². The molecule has 11 heteroatoms. The maximum Gasteiger partial charge on any atom is 0.326 e. The van der Waals surface area contributed by atoms with Gasteiger partial charge in [-0.15, -0.1) is 0 Å². The molecule has 1 saturated heterocycles. The number of carboxylic acids is 1. The van der Waals surface area contributed by atoms with Gasteiger partial charge < -0.3 is 31.4 Å². The number of likely N-dealkylation sites (tertiary alicyclic amines) is 1. The molecule has 6 N–H and O–H groups in total. The lowest BCUT2D eigenvalue weighted by atomic mass is 9.95. The van der Waals surface area contributed by atoms with Gasteiger partial charge in [0.15, 0.2) is 0 Å². The average Bonchev–Trinajstić information content (AvgIpc) is 3.46. The zero-order valence-corrected chi connectivity index (χ0v) is 19.7. The lowest BCUT2D eigenvalue weighted by Crippen LogP contribution is -2.60. The number of hydrogen-bond donors (Lipinski definition) is 5. The van der Waals surface area contributed by atoms with E-state index in [4.69, 9.17) is 5.73 Å². The number of aliphatic carboxylic acids is 1. The van der Waals surface area contributed by atoms with Crippen molar-refractivity contribution in [3.05, 3.63) is 18.2 Å². The number of carbonyl (C=O) groups excluding carboxylic acids is 3. The number of amides is 3. The fraction of sp³-hybridized carbons (Fsp3) is 0.682. The van der Waals surface area contributed by atoms with E-state index in [-0.39, 0.29) is 18.3 Å². The number of nitrogens with zero attached hydrogens (tertiary/aromatic N) is 2. The molecule has 1 aromatic rings. The maximum atomic E-state index is 13.2. The normalized spacial score (nSPS) is 19.6. The van der Waals surface area contributed by atoms with E-state index in [2.05, 4.69) is 20.6 Å². The quantitative estimate of drug-likeness (QED) is 0.307. The molecular formula is C22H36N6O5. The van der Waals surface area contributed by atoms with Crippen LogP contribution in [0.2, 0.25) is 0 Å². The second-order valence-corrected chi connectivity index (χ2v) is 9.02. The van der Waals surface area contributed by atoms with Gasteiger partial charge in [0.25, 0.3) is 0 Å². The van der Waals surface area contributed by atoms with Gasteiger partial charge in [0.1, 0.15) is 18.1 Å². The molecule has 0 bridgehead atoms. The highest BCUT2D eigenvalue weighted by Gasteiger charge is 2.39. The smallest absolute Gasteiger partial charge is 0.326 e. The largest absolute Gasteiger partial charge is 0.480 e. The highest BCUT2D eigenvalue weighted by atomic mass is 16.4. The van der Waals surface area contributed by atoms with Crippen molar-refractivity contribution in [1.82, 2.24) is 25.5 Å². The Labute approximate surface area is 193 Å². The van der Waals surface area contributed by atoms with E-state index in [0.717, 1.165) is 0 Å². The van der Waals surface area contributed by atoms with Gasteiger partial charge in [-0.3, -0.25) is 14.4 Å². The summed E-state index contributed by atoms with van der Waals surface area (Å²) in [4.78, 5) is 58.7. The summed E-state index contributed by atoms with van der Waals surface area (Å²) in [7, 11) is 0. The molecule has 0 saturated carbocycles. The fourth-order valence-corrected chi connectivity index (χ4v) is 3.91. The summed E-state index contributed by atoms with van der Waals surface area (Å²) in [6.07, 6.45) is 4.91. The topological polar surface area (TPSA) is 171 Å². The highest BCUT2D eigenvalue weighted by molar-refractivity contribution is 5.94. The number of aromatic nitrogens is 2. The van der Waals surface area contributed by atoms with Gasteiger partial charge in [-0.25, -0.2) is 9.78 Å². The third-order valence-electron chi connectivity index (χ3n) is 6.18. The van der Waals surface area contributed by atoms with Crippen LogP contribution in [-0.2, 0) is 25.6 Å². The predicted molar refractivity (Wildman–Crippen MR) is 121 cm³/mol. The highest BCUT2D eigenvalue weighted by Crippen LogP contribution is 2.21. The number of H-pyrrole nitrogens is 1. The Bertz CT molecular complexity index is 827. The van der Waals surface area contributed by atoms with Crippen LogP contribution in [0.5, 0.6) is 0 Å². The third-order valence-corrected chi connectivity index (χ3v) is 6.18. The lowest BCUT2D eigenvalue weighted by Gasteiger charge is -2.32. The number of imidazole rings is 1. The molecule has 1 fully saturated rings. The van der Waals surface area contributed by atoms with Crippen LogP contribution in [0.15, 0.2) is 12.5 Å². The van der Waals surface area contributed by atoms with Crippen molar-refractivity contribution in [1.29, 1.82) is 0 Å². The first-order chi connectivity index (χ1) is 15.6. The van der Waals surface area contributed by atoms with Crippen molar-refractivity contribution in [3.8, 4) is 0 Å². The summed E-state index contributed by atoms with van der Waals surface area (Å²) in [6, 6.07) is -3.56. The van der Waals surface area contributed by atoms with Crippen molar-refractivity contribution in [2.75, 3.05) is 6.54 Å². The zero-order chi connectivity index (χ0) is 24.7. The number of hydrogen-bond acceptors (Lipinski definition) is 6. The first kappa shape index (κ1) is 26.3. The minimum Gasteiger partial charge on any atom is -0.480 e. The van der Waals surface area contributed by atoms with Crippen LogP contribution in [0.4, 0.5) is 0 Å². The Hall–Kier alpha value is -2.95. The van der Waals surface area contributed by atoms with Gasteiger partial charge in [-0.05, 0) is 24.7 Å². The monoisotopic (exact) mass is 464 g/mol. The standard InChI is InChI=1S/C22H36N6O5/c1-5-13(4)18(27-19(29)15(23)9-14-10-24-11-25-14)20(30)26-17(12(2)3)21(31)28-8-6-7-16(28)22(32)33/h10-13,15-18H,5-9,23H2,1-4H3,(H,24,25)(H,26,30)(H,27,29)(H,32,33). The van der Waals surface area contributed by atoms with Crippen molar-refractivity contribution in [2.24, 2.45) is 17.6 Å². The predicted octanol–water partition coefficient (Wildman–Crippen LogP) is 0.0268. The molecule has 2 rings (SSSR count). The van der Waals surface area contributed by atoms with Crippen molar-refractivity contribution in [2.45, 2.75) is 77.5 Å². The van der Waals surface area contributed by atoms with Crippen LogP contribution in [0, 0.1) is 11.8 Å². The number of carboxylic acid groups (broad SMARTS) is 1. The van der Waals surface area contributed by atoms with Gasteiger partial charge in [0.05, 0.1) is 12.4 Å². The molecule has 11 nitrogen and oxygen atoms in total. The van der Waals surface area contributed by atoms with Crippen LogP contribution in [0.25, 0.3) is 0 Å². The Balaban J connectivity index is 2.11. The number of nitrogens with two attached hydrogens (primary N) is 1. The van der Waals surface area contributed by atoms with Crippen molar-refractivity contribution < 1.29 is 24.3 Å². The molecule has 1 aliphatic rings. The minimum absolute atomic E-state index is 0.213. The SMILES string of the molecule is CCC(C)C(NC(=O)C(N)Cc1cnc[nH]1)C(=O)NC(C(=O)N1CCCC1C(=O)O)C(C)C. The van der Waals surface area contributed by atoms with Crippen molar-refractivity contribution >= 4 is 23.7 Å². The molecule has 1 aromatic heterocycles. The van der Waals surface area contributed by atoms with E-state index in [1.54, 1.807) is 20.0 Å². The molecule has 2 heterocycles. The Kier molecular flexibility index (Phi) is 9.39. The van der Waals surface area contributed by atoms with Crippen molar-refractivity contribution in [3.63, 3.8) is 0 Å². The molecule has 0 spiro atoms. The Morgan fingerprint density at radius 3 is 2.42 bits per heavy atom. The summed E-state index contributed by atoms with van der Waals surface area (Å²) in [6.45, 7) is 7.63. The van der Waals surface area contributed by atoms with E-state index in [1.807, 2.05) is 13.8 Å². The Morgan fingerprint density at radius 2 is 1.88 bits per heavy atom. The minimum atomic E-state index is -1.05. The number of carbonyl (C=O) groups is 4. The number of aromatic amines is 1. The molecule has 5 unspecified atom stereocenters. The first-order valence-electron chi connectivity index (χ1n) is 11.4. The van der Waals surface area contributed by atoms with Gasteiger partial charge in [-0.1, -0.05) is 34.1 Å². The number of nitrogens with one attached hydrogen (secondary N) is 3. The average molecular weight is 465 g/mol. The van der Waals surface area contributed by atoms with Gasteiger partial charge >= 0.3 is 5.97 Å². The molecule has 184 valence electrons. The summed E-state index contributed by atoms with van der Waals surface area (Å²) >= 11 is 0. The molecule has 3 amide bonds. The molecule has 0 aliphatic carbocycles. The van der Waals surface area contributed by atoms with Crippen LogP contribution < -0.4 is 16.4 Å². The van der Waals surface area contributed by atoms with Crippen LogP contribution >= 0.6 is 0 Å². The second kappa shape index (κ2) is 11.8. The van der Waals surface area contributed by atoms with E-state index in [1.165, 1.54) is 11.2 Å². The van der Waals surface area contributed by atoms with Gasteiger partial charge in [0, 0.05) is 24.9 Å². The van der Waals surface area contributed by atoms with Crippen LogP contribution in [0.1, 0.15) is 52.7 Å². The molecule has 0 aromatic carbocycles. The molecule has 33 heavy (non-hydrogen) atoms. The van der Waals surface area contributed by atoms with E-state index in [0.29, 0.717) is 31.5 Å². The maximum absolute atomic E-state index is 13.2. The van der Waals surface area contributed by atoms with Gasteiger partial charge in [0.2, 0.25) is 17.7 Å². The first-order valence-corrected chi connectivity index (χ1v) is 11.4. The van der Waals surface area contributed by atoms with E-state index >= 15 is 0 Å². The van der Waals surface area contributed by atoms with Gasteiger partial charge in [-0.2, -0.15) is 0 Å². The number of rotatable bonds is 11. The molecule has 1 aliphatic heterocycles. The Morgan fingerprint density at radius 1 is 1.21 bits per heavy atom. The molecule has 0 radical (unpaired) electrons. The summed E-state index contributed by atoms with van der Waals surface area (Å²) < 4.78 is 0. The summed E-state index contributed by atoms with van der Waals surface area (Å²) in [5.41, 5.74) is 6.71. The summed E-state index contributed by atoms with van der Waals surface area (Å²) in [5, 5.41) is 14.9. The fourth-order valence-electron chi connectivity index (χ4n) is 3.91. The summed E-state index contributed by atoms with van der Waals surface area (Å²) in [5.74, 6) is -2.94. The molecular weight excluding hydrogens is 428 g/mol. The van der Waals surface area contributed by atoms with E-state index in [9.17, 15) is 24.3 Å². The van der Waals surface area contributed by atoms with E-state index < -0.39 is 47.9 Å². The third kappa shape index (κ3) is 6.77. The molecule has 5 atom stereocenters.